The first-order valence-corrected chi connectivity index (χ1v) is 5.48. The summed E-state index contributed by atoms with van der Waals surface area (Å²) in [6.07, 6.45) is 0.903. The third kappa shape index (κ3) is 1.29. The molecule has 0 N–H and O–H groups in total. The molecule has 13 heavy (non-hydrogen) atoms. The van der Waals surface area contributed by atoms with Crippen LogP contribution >= 0.6 is 11.8 Å². The maximum atomic E-state index is 10.7. The summed E-state index contributed by atoms with van der Waals surface area (Å²) in [5.41, 5.74) is 2.62. The van der Waals surface area contributed by atoms with Crippen molar-refractivity contribution in [3.05, 3.63) is 17.0 Å². The quantitative estimate of drug-likeness (QED) is 0.674. The van der Waals surface area contributed by atoms with Crippen molar-refractivity contribution in [2.75, 3.05) is 11.5 Å². The number of hydrogen-bond donors (Lipinski definition) is 0. The Morgan fingerprint density at radius 2 is 2.23 bits per heavy atom. The second-order valence-corrected chi connectivity index (χ2v) is 4.41. The van der Waals surface area contributed by atoms with Crippen LogP contribution in [0.5, 0.6) is 0 Å². The summed E-state index contributed by atoms with van der Waals surface area (Å²) < 4.78 is 2.00. The SMILES string of the molecule is Cc1nn(C2CSC2)c(C)c1C=O. The van der Waals surface area contributed by atoms with Crippen LogP contribution in [-0.4, -0.2) is 27.6 Å². The van der Waals surface area contributed by atoms with Crippen molar-refractivity contribution in [1.82, 2.24) is 9.78 Å². The molecule has 1 fully saturated rings. The summed E-state index contributed by atoms with van der Waals surface area (Å²) in [6.45, 7) is 3.85. The maximum absolute atomic E-state index is 10.7. The first kappa shape index (κ1) is 8.81. The summed E-state index contributed by atoms with van der Waals surface area (Å²) in [7, 11) is 0. The fourth-order valence-corrected chi connectivity index (χ4v) is 2.30. The van der Waals surface area contributed by atoms with Crippen LogP contribution in [0.25, 0.3) is 0 Å². The molecule has 0 aliphatic carbocycles. The molecule has 3 nitrogen and oxygen atoms in total. The highest BCUT2D eigenvalue weighted by molar-refractivity contribution is 8.00. The van der Waals surface area contributed by atoms with Crippen molar-refractivity contribution in [2.45, 2.75) is 19.9 Å². The summed E-state index contributed by atoms with van der Waals surface area (Å²) in [6, 6.07) is 0.511. The number of aryl methyl sites for hydroxylation is 1. The normalized spacial score (nSPS) is 17.1. The van der Waals surface area contributed by atoms with Gasteiger partial charge in [-0.3, -0.25) is 9.48 Å². The molecule has 70 valence electrons. The monoisotopic (exact) mass is 196 g/mol. The summed E-state index contributed by atoms with van der Waals surface area (Å²) in [5, 5.41) is 4.38. The summed E-state index contributed by atoms with van der Waals surface area (Å²) in [5.74, 6) is 2.25. The highest BCUT2D eigenvalue weighted by atomic mass is 32.2. The molecule has 1 aromatic rings. The topological polar surface area (TPSA) is 34.9 Å². The van der Waals surface area contributed by atoms with Crippen LogP contribution < -0.4 is 0 Å². The number of thioether (sulfide) groups is 1. The van der Waals surface area contributed by atoms with Gasteiger partial charge in [0.2, 0.25) is 0 Å². The van der Waals surface area contributed by atoms with Gasteiger partial charge in [0, 0.05) is 17.2 Å². The van der Waals surface area contributed by atoms with E-state index in [1.54, 1.807) is 0 Å². The highest BCUT2D eigenvalue weighted by Crippen LogP contribution is 2.30. The van der Waals surface area contributed by atoms with Crippen LogP contribution in [0.15, 0.2) is 0 Å². The summed E-state index contributed by atoms with van der Waals surface area (Å²) >= 11 is 1.92. The Labute approximate surface area is 81.5 Å². The first-order valence-electron chi connectivity index (χ1n) is 4.32. The van der Waals surface area contributed by atoms with E-state index >= 15 is 0 Å². The minimum absolute atomic E-state index is 0.511. The lowest BCUT2D eigenvalue weighted by atomic mass is 10.2. The molecular formula is C9H12N2OS. The zero-order chi connectivity index (χ0) is 9.42. The third-order valence-electron chi connectivity index (χ3n) is 2.47. The van der Waals surface area contributed by atoms with E-state index in [2.05, 4.69) is 5.10 Å². The average molecular weight is 196 g/mol. The van der Waals surface area contributed by atoms with Gasteiger partial charge in [-0.15, -0.1) is 0 Å². The van der Waals surface area contributed by atoms with Crippen LogP contribution in [0.2, 0.25) is 0 Å². The molecule has 0 spiro atoms. The minimum Gasteiger partial charge on any atom is -0.298 e. The Balaban J connectivity index is 2.40. The van der Waals surface area contributed by atoms with Gasteiger partial charge in [0.1, 0.15) is 0 Å². The van der Waals surface area contributed by atoms with Crippen LogP contribution in [0, 0.1) is 13.8 Å². The predicted octanol–water partition coefficient (Wildman–Crippen LogP) is 1.60. The second-order valence-electron chi connectivity index (χ2n) is 3.34. The highest BCUT2D eigenvalue weighted by Gasteiger charge is 2.24. The number of rotatable bonds is 2. The molecule has 1 aliphatic heterocycles. The fourth-order valence-electron chi connectivity index (χ4n) is 1.57. The third-order valence-corrected chi connectivity index (χ3v) is 3.71. The van der Waals surface area contributed by atoms with Crippen molar-refractivity contribution in [2.24, 2.45) is 0 Å². The maximum Gasteiger partial charge on any atom is 0.153 e. The Morgan fingerprint density at radius 1 is 1.54 bits per heavy atom. The Kier molecular flexibility index (Phi) is 2.15. The molecular weight excluding hydrogens is 184 g/mol. The number of carbonyl (C=O) groups is 1. The number of nitrogens with zero attached hydrogens (tertiary/aromatic N) is 2. The predicted molar refractivity (Wildman–Crippen MR) is 53.5 cm³/mol. The van der Waals surface area contributed by atoms with E-state index < -0.39 is 0 Å². The van der Waals surface area contributed by atoms with Gasteiger partial charge in [0.25, 0.3) is 0 Å². The van der Waals surface area contributed by atoms with Gasteiger partial charge in [-0.2, -0.15) is 16.9 Å². The molecule has 0 unspecified atom stereocenters. The molecule has 4 heteroatoms. The molecule has 0 amide bonds. The number of aromatic nitrogens is 2. The lowest BCUT2D eigenvalue weighted by molar-refractivity contribution is 0.112. The van der Waals surface area contributed by atoms with Crippen LogP contribution in [0.1, 0.15) is 27.8 Å². The molecule has 2 heterocycles. The molecule has 2 rings (SSSR count). The van der Waals surface area contributed by atoms with Crippen LogP contribution in [0.3, 0.4) is 0 Å². The first-order chi connectivity index (χ1) is 6.24. The molecule has 1 saturated heterocycles. The fraction of sp³-hybridized carbons (Fsp3) is 0.556. The lowest BCUT2D eigenvalue weighted by Crippen LogP contribution is -2.24. The molecule has 0 radical (unpaired) electrons. The largest absolute Gasteiger partial charge is 0.298 e. The zero-order valence-corrected chi connectivity index (χ0v) is 8.60. The summed E-state index contributed by atoms with van der Waals surface area (Å²) in [4.78, 5) is 10.7. The van der Waals surface area contributed by atoms with Gasteiger partial charge >= 0.3 is 0 Å². The van der Waals surface area contributed by atoms with E-state index in [4.69, 9.17) is 0 Å². The van der Waals surface area contributed by atoms with Crippen molar-refractivity contribution < 1.29 is 4.79 Å². The minimum atomic E-state index is 0.511. The standard InChI is InChI=1S/C9H12N2OS/c1-6-9(3-12)7(2)11(10-6)8-4-13-5-8/h3,8H,4-5H2,1-2H3. The number of carbonyl (C=O) groups excluding carboxylic acids is 1. The Hall–Kier alpha value is -0.770. The van der Waals surface area contributed by atoms with E-state index in [0.717, 1.165) is 34.7 Å². The van der Waals surface area contributed by atoms with Gasteiger partial charge in [0.05, 0.1) is 17.3 Å². The molecule has 0 bridgehead atoms. The Bertz CT molecular complexity index is 342. The van der Waals surface area contributed by atoms with E-state index in [1.807, 2.05) is 30.3 Å². The van der Waals surface area contributed by atoms with E-state index in [0.29, 0.717) is 6.04 Å². The van der Waals surface area contributed by atoms with Crippen LogP contribution in [-0.2, 0) is 0 Å². The molecule has 0 atom stereocenters. The van der Waals surface area contributed by atoms with Crippen molar-refractivity contribution in [1.29, 1.82) is 0 Å². The molecule has 1 aromatic heterocycles. The smallest absolute Gasteiger partial charge is 0.153 e. The van der Waals surface area contributed by atoms with Gasteiger partial charge in [0.15, 0.2) is 6.29 Å². The van der Waals surface area contributed by atoms with E-state index in [9.17, 15) is 4.79 Å². The van der Waals surface area contributed by atoms with Gasteiger partial charge in [-0.25, -0.2) is 0 Å². The second kappa shape index (κ2) is 3.18. The molecule has 1 aliphatic rings. The van der Waals surface area contributed by atoms with Crippen molar-refractivity contribution >= 4 is 18.0 Å². The number of aldehydes is 1. The van der Waals surface area contributed by atoms with Gasteiger partial charge in [-0.05, 0) is 13.8 Å². The van der Waals surface area contributed by atoms with E-state index in [1.165, 1.54) is 0 Å². The number of hydrogen-bond acceptors (Lipinski definition) is 3. The molecule has 0 aromatic carbocycles. The van der Waals surface area contributed by atoms with Gasteiger partial charge < -0.3 is 0 Å². The average Bonchev–Trinajstić information content (AvgIpc) is 2.25. The molecule has 0 saturated carbocycles. The van der Waals surface area contributed by atoms with Crippen molar-refractivity contribution in [3.63, 3.8) is 0 Å². The van der Waals surface area contributed by atoms with Crippen LogP contribution in [0.4, 0.5) is 0 Å². The lowest BCUT2D eigenvalue weighted by Gasteiger charge is -2.26. The van der Waals surface area contributed by atoms with Crippen molar-refractivity contribution in [3.8, 4) is 0 Å². The van der Waals surface area contributed by atoms with E-state index in [-0.39, 0.29) is 0 Å². The Morgan fingerprint density at radius 3 is 2.62 bits per heavy atom. The van der Waals surface area contributed by atoms with Gasteiger partial charge in [-0.1, -0.05) is 0 Å². The zero-order valence-electron chi connectivity index (χ0n) is 7.78.